The number of ether oxygens (including phenoxy) is 2. The van der Waals surface area contributed by atoms with Crippen molar-refractivity contribution in [2.45, 2.75) is 6.92 Å². The fraction of sp³-hybridized carbons (Fsp3) is 0.167. The Labute approximate surface area is 149 Å². The number of nitrogens with zero attached hydrogens (tertiary/aromatic N) is 2. The van der Waals surface area contributed by atoms with Crippen LogP contribution in [-0.4, -0.2) is 29.3 Å². The van der Waals surface area contributed by atoms with E-state index in [2.05, 4.69) is 20.8 Å². The fourth-order valence-corrected chi connectivity index (χ4v) is 2.52. The van der Waals surface area contributed by atoms with Crippen molar-refractivity contribution in [1.29, 1.82) is 0 Å². The second-order valence-corrected chi connectivity index (χ2v) is 5.69. The van der Waals surface area contributed by atoms with Crippen LogP contribution in [-0.2, 0) is 0 Å². The van der Waals surface area contributed by atoms with Crippen LogP contribution in [0.5, 0.6) is 11.5 Å². The van der Waals surface area contributed by atoms with Crippen LogP contribution >= 0.6 is 0 Å². The Balaban J connectivity index is 1.49. The number of amides is 1. The van der Waals surface area contributed by atoms with E-state index in [9.17, 15) is 4.79 Å². The molecule has 2 N–H and O–H groups in total. The Morgan fingerprint density at radius 3 is 2.69 bits per heavy atom. The summed E-state index contributed by atoms with van der Waals surface area (Å²) in [6, 6.07) is 10.4. The SMILES string of the molecule is Cc1cc(NC(=O)c2ccnc(Nc3ccc4c(c3)OCCO4)c2)no1. The van der Waals surface area contributed by atoms with Crippen LogP contribution in [0, 0.1) is 6.92 Å². The molecule has 0 unspecified atom stereocenters. The second kappa shape index (κ2) is 6.75. The highest BCUT2D eigenvalue weighted by molar-refractivity contribution is 6.04. The van der Waals surface area contributed by atoms with Gasteiger partial charge in [-0.1, -0.05) is 5.16 Å². The summed E-state index contributed by atoms with van der Waals surface area (Å²) < 4.78 is 16.0. The third kappa shape index (κ3) is 3.44. The van der Waals surface area contributed by atoms with Crippen molar-refractivity contribution in [3.05, 3.63) is 53.9 Å². The van der Waals surface area contributed by atoms with Gasteiger partial charge in [-0.15, -0.1) is 0 Å². The average Bonchev–Trinajstić information content (AvgIpc) is 3.06. The number of rotatable bonds is 4. The van der Waals surface area contributed by atoms with Crippen molar-refractivity contribution in [3.8, 4) is 11.5 Å². The molecule has 4 rings (SSSR count). The van der Waals surface area contributed by atoms with E-state index < -0.39 is 0 Å². The highest BCUT2D eigenvalue weighted by atomic mass is 16.6. The van der Waals surface area contributed by atoms with E-state index in [1.165, 1.54) is 0 Å². The fourth-order valence-electron chi connectivity index (χ4n) is 2.52. The molecular weight excluding hydrogens is 336 g/mol. The molecule has 26 heavy (non-hydrogen) atoms. The van der Waals surface area contributed by atoms with E-state index in [4.69, 9.17) is 14.0 Å². The van der Waals surface area contributed by atoms with Crippen LogP contribution in [0.25, 0.3) is 0 Å². The number of hydrogen-bond donors (Lipinski definition) is 2. The number of nitrogens with one attached hydrogen (secondary N) is 2. The van der Waals surface area contributed by atoms with Crippen LogP contribution < -0.4 is 20.1 Å². The van der Waals surface area contributed by atoms with Gasteiger partial charge in [-0.2, -0.15) is 0 Å². The molecule has 2 aromatic heterocycles. The molecule has 8 heteroatoms. The Kier molecular flexibility index (Phi) is 4.14. The zero-order valence-electron chi connectivity index (χ0n) is 14.0. The van der Waals surface area contributed by atoms with Gasteiger partial charge >= 0.3 is 0 Å². The van der Waals surface area contributed by atoms with E-state index in [1.807, 2.05) is 18.2 Å². The molecule has 0 radical (unpaired) electrons. The zero-order chi connectivity index (χ0) is 17.9. The van der Waals surface area contributed by atoms with Gasteiger partial charge in [0, 0.05) is 29.6 Å². The first-order valence-electron chi connectivity index (χ1n) is 8.05. The lowest BCUT2D eigenvalue weighted by molar-refractivity contribution is 0.102. The summed E-state index contributed by atoms with van der Waals surface area (Å²) in [5.74, 6) is 2.61. The van der Waals surface area contributed by atoms with E-state index in [0.717, 1.165) is 5.69 Å². The van der Waals surface area contributed by atoms with E-state index in [1.54, 1.807) is 31.3 Å². The molecule has 1 aromatic carbocycles. The lowest BCUT2D eigenvalue weighted by Gasteiger charge is -2.19. The van der Waals surface area contributed by atoms with Gasteiger partial charge in [0.15, 0.2) is 17.3 Å². The van der Waals surface area contributed by atoms with E-state index in [0.29, 0.717) is 47.7 Å². The molecule has 8 nitrogen and oxygen atoms in total. The minimum atomic E-state index is -0.300. The summed E-state index contributed by atoms with van der Waals surface area (Å²) in [5, 5.41) is 9.58. The Hall–Kier alpha value is -3.55. The van der Waals surface area contributed by atoms with Crippen molar-refractivity contribution in [1.82, 2.24) is 10.1 Å². The molecule has 0 bridgehead atoms. The number of benzene rings is 1. The maximum absolute atomic E-state index is 12.3. The second-order valence-electron chi connectivity index (χ2n) is 5.69. The molecule has 0 saturated carbocycles. The first kappa shape index (κ1) is 15.9. The van der Waals surface area contributed by atoms with E-state index >= 15 is 0 Å². The maximum Gasteiger partial charge on any atom is 0.257 e. The summed E-state index contributed by atoms with van der Waals surface area (Å²) in [6.45, 7) is 2.82. The summed E-state index contributed by atoms with van der Waals surface area (Å²) in [7, 11) is 0. The standard InChI is InChI=1S/C18H16N4O4/c1-11-8-17(22-26-11)21-18(23)12-4-5-19-16(9-12)20-13-2-3-14-15(10-13)25-7-6-24-14/h2-5,8-10H,6-7H2,1H3,(H,19,20)(H,21,22,23). The van der Waals surface area contributed by atoms with Crippen molar-refractivity contribution < 1.29 is 18.8 Å². The number of aryl methyl sites for hydroxylation is 1. The molecule has 0 fully saturated rings. The predicted molar refractivity (Wildman–Crippen MR) is 94.1 cm³/mol. The average molecular weight is 352 g/mol. The topological polar surface area (TPSA) is 98.5 Å². The van der Waals surface area contributed by atoms with Crippen LogP contribution in [0.4, 0.5) is 17.3 Å². The third-order valence-corrected chi connectivity index (χ3v) is 3.71. The van der Waals surface area contributed by atoms with Crippen molar-refractivity contribution >= 4 is 23.2 Å². The molecule has 0 aliphatic carbocycles. The number of hydrogen-bond acceptors (Lipinski definition) is 7. The smallest absolute Gasteiger partial charge is 0.257 e. The highest BCUT2D eigenvalue weighted by Gasteiger charge is 2.13. The van der Waals surface area contributed by atoms with Gasteiger partial charge in [0.2, 0.25) is 0 Å². The Bertz CT molecular complexity index is 954. The maximum atomic E-state index is 12.3. The first-order valence-corrected chi connectivity index (χ1v) is 8.05. The normalized spacial score (nSPS) is 12.5. The first-order chi connectivity index (χ1) is 12.7. The molecule has 0 saturated heterocycles. The van der Waals surface area contributed by atoms with Gasteiger partial charge in [-0.05, 0) is 31.2 Å². The monoisotopic (exact) mass is 352 g/mol. The number of fused-ring (bicyclic) bond motifs is 1. The summed E-state index contributed by atoms with van der Waals surface area (Å²) in [5.41, 5.74) is 1.23. The minimum absolute atomic E-state index is 0.300. The van der Waals surface area contributed by atoms with Crippen LogP contribution in [0.2, 0.25) is 0 Å². The van der Waals surface area contributed by atoms with Crippen molar-refractivity contribution in [2.75, 3.05) is 23.8 Å². The zero-order valence-corrected chi connectivity index (χ0v) is 14.0. The van der Waals surface area contributed by atoms with Crippen LogP contribution in [0.1, 0.15) is 16.1 Å². The highest BCUT2D eigenvalue weighted by Crippen LogP contribution is 2.33. The van der Waals surface area contributed by atoms with Gasteiger partial charge in [-0.25, -0.2) is 4.98 Å². The molecule has 0 atom stereocenters. The quantitative estimate of drug-likeness (QED) is 0.744. The number of pyridine rings is 1. The van der Waals surface area contributed by atoms with Crippen molar-refractivity contribution in [3.63, 3.8) is 0 Å². The van der Waals surface area contributed by atoms with Gasteiger partial charge in [0.05, 0.1) is 0 Å². The van der Waals surface area contributed by atoms with Crippen LogP contribution in [0.3, 0.4) is 0 Å². The largest absolute Gasteiger partial charge is 0.486 e. The molecule has 1 amide bonds. The third-order valence-electron chi connectivity index (χ3n) is 3.71. The summed E-state index contributed by atoms with van der Waals surface area (Å²) in [4.78, 5) is 16.6. The van der Waals surface area contributed by atoms with Crippen molar-refractivity contribution in [2.24, 2.45) is 0 Å². The number of aromatic nitrogens is 2. The van der Waals surface area contributed by atoms with Gasteiger partial charge in [-0.3, -0.25) is 4.79 Å². The lowest BCUT2D eigenvalue weighted by Crippen LogP contribution is -2.15. The summed E-state index contributed by atoms with van der Waals surface area (Å²) >= 11 is 0. The molecule has 3 aromatic rings. The molecule has 1 aliphatic rings. The number of carbonyl (C=O) groups excluding carboxylic acids is 1. The minimum Gasteiger partial charge on any atom is -0.486 e. The Morgan fingerprint density at radius 2 is 1.88 bits per heavy atom. The molecule has 132 valence electrons. The van der Waals surface area contributed by atoms with Gasteiger partial charge in [0.25, 0.3) is 5.91 Å². The molecular formula is C18H16N4O4. The number of anilines is 3. The Morgan fingerprint density at radius 1 is 1.04 bits per heavy atom. The molecule has 3 heterocycles. The predicted octanol–water partition coefficient (Wildman–Crippen LogP) is 3.15. The molecule has 1 aliphatic heterocycles. The molecule has 0 spiro atoms. The van der Waals surface area contributed by atoms with Gasteiger partial charge in [0.1, 0.15) is 24.8 Å². The lowest BCUT2D eigenvalue weighted by atomic mass is 10.2. The van der Waals surface area contributed by atoms with Crippen LogP contribution in [0.15, 0.2) is 47.1 Å². The summed E-state index contributed by atoms with van der Waals surface area (Å²) in [6.07, 6.45) is 1.56. The number of carbonyl (C=O) groups is 1. The van der Waals surface area contributed by atoms with E-state index in [-0.39, 0.29) is 5.91 Å². The van der Waals surface area contributed by atoms with Gasteiger partial charge < -0.3 is 24.6 Å².